The molecule has 3 aliphatic heterocycles. The van der Waals surface area contributed by atoms with Crippen molar-refractivity contribution in [3.63, 3.8) is 0 Å². The molecular formula is C71H62BN5S. The molecule has 0 saturated heterocycles. The highest BCUT2D eigenvalue weighted by Crippen LogP contribution is 2.54. The number of anilines is 6. The van der Waals surface area contributed by atoms with E-state index < -0.39 is 212 Å². The van der Waals surface area contributed by atoms with Gasteiger partial charge in [-0.3, -0.25) is 0 Å². The van der Waals surface area contributed by atoms with Gasteiger partial charge >= 0.3 is 0 Å². The molecule has 0 saturated carbocycles. The molecule has 15 rings (SSSR count). The van der Waals surface area contributed by atoms with Gasteiger partial charge in [-0.2, -0.15) is 5.26 Å². The van der Waals surface area contributed by atoms with E-state index in [0.717, 1.165) is 9.47 Å². The first-order chi connectivity index (χ1) is 48.1. The molecule has 3 aliphatic rings. The summed E-state index contributed by atoms with van der Waals surface area (Å²) in [5.41, 5.74) is -11.6. The number of benzene rings is 9. The zero-order valence-corrected chi connectivity index (χ0v) is 45.5. The fourth-order valence-corrected chi connectivity index (χ4v) is 12.0. The van der Waals surface area contributed by atoms with Crippen molar-refractivity contribution in [2.24, 2.45) is 0 Å². The van der Waals surface area contributed by atoms with Crippen LogP contribution in [-0.2, 0) is 21.7 Å². The summed E-state index contributed by atoms with van der Waals surface area (Å²) in [6.07, 6.45) is 0. The van der Waals surface area contributed by atoms with Crippen LogP contribution in [0.2, 0.25) is 0 Å². The Morgan fingerprint density at radius 3 is 1.62 bits per heavy atom. The molecule has 3 aromatic heterocycles. The highest BCUT2D eigenvalue weighted by molar-refractivity contribution is 7.25. The first-order valence-electron chi connectivity index (χ1n) is 38.7. The third-order valence-corrected chi connectivity index (χ3v) is 16.0. The average Bonchev–Trinajstić information content (AvgIpc) is 1.14. The van der Waals surface area contributed by atoms with Crippen molar-refractivity contribution in [1.29, 1.82) is 5.26 Å². The van der Waals surface area contributed by atoms with Gasteiger partial charge in [0.1, 0.15) is 0 Å². The predicted octanol–water partition coefficient (Wildman–Crippen LogP) is 17.7. The topological polar surface area (TPSA) is 40.1 Å². The maximum Gasteiger partial charge on any atom is 0.252 e. The zero-order chi connectivity index (χ0) is 76.5. The predicted molar refractivity (Wildman–Crippen MR) is 335 cm³/mol. The van der Waals surface area contributed by atoms with E-state index in [1.807, 2.05) is 6.07 Å². The Morgan fingerprint density at radius 1 is 0.423 bits per heavy atom. The maximum absolute atomic E-state index is 11.7. The van der Waals surface area contributed by atoms with Gasteiger partial charge in [-0.05, 0) is 163 Å². The molecule has 0 atom stereocenters. The van der Waals surface area contributed by atoms with Crippen LogP contribution in [0.1, 0.15) is 147 Å². The molecular weight excluding hydrogens is 966 g/mol. The summed E-state index contributed by atoms with van der Waals surface area (Å²) in [6.45, 7) is 18.7. The number of hydrogen-bond donors (Lipinski definition) is 0. The van der Waals surface area contributed by atoms with E-state index >= 15 is 0 Å². The van der Waals surface area contributed by atoms with E-state index in [4.69, 9.17) is 4.11 Å². The summed E-state index contributed by atoms with van der Waals surface area (Å²) >= 11 is 0.685. The maximum atomic E-state index is 11.7. The van der Waals surface area contributed by atoms with Gasteiger partial charge in [0.05, 0.1) is 86.4 Å². The minimum Gasteiger partial charge on any atom is -0.311 e. The number of nitrogens with zero attached hydrogens (tertiary/aromatic N) is 5. The fourth-order valence-electron chi connectivity index (χ4n) is 11.1. The Labute approximate surface area is 498 Å². The van der Waals surface area contributed by atoms with Gasteiger partial charge in [0.25, 0.3) is 6.71 Å². The third kappa shape index (κ3) is 6.53. The van der Waals surface area contributed by atoms with Crippen LogP contribution >= 0.6 is 11.3 Å². The number of para-hydroxylation sites is 1. The Morgan fingerprint density at radius 2 is 0.987 bits per heavy atom. The van der Waals surface area contributed by atoms with Crippen LogP contribution < -0.4 is 26.2 Å². The van der Waals surface area contributed by atoms with Crippen LogP contribution in [0.5, 0.6) is 0 Å². The van der Waals surface area contributed by atoms with Crippen LogP contribution in [0.15, 0.2) is 157 Å². The molecule has 380 valence electrons. The molecule has 9 aromatic carbocycles. The minimum absolute atomic E-state index is 0.0309. The number of nitriles is 1. The average molecular weight is 1050 g/mol. The van der Waals surface area contributed by atoms with Gasteiger partial charge in [-0.15, -0.1) is 11.3 Å². The van der Waals surface area contributed by atoms with E-state index in [0.29, 0.717) is 11.3 Å². The molecule has 0 spiro atoms. The smallest absolute Gasteiger partial charge is 0.252 e. The van der Waals surface area contributed by atoms with Crippen molar-refractivity contribution in [1.82, 2.24) is 9.13 Å². The van der Waals surface area contributed by atoms with E-state index in [1.54, 1.807) is 83.1 Å². The molecule has 12 aromatic rings. The zero-order valence-electron chi connectivity index (χ0n) is 70.7. The van der Waals surface area contributed by atoms with Crippen LogP contribution in [0, 0.1) is 11.3 Å². The first kappa shape index (κ1) is 27.5. The number of thiophene rings is 1. The van der Waals surface area contributed by atoms with Crippen molar-refractivity contribution in [3.8, 4) is 17.4 Å². The fraction of sp³-hybridized carbons (Fsp3) is 0.225. The van der Waals surface area contributed by atoms with Crippen molar-refractivity contribution >= 4 is 132 Å². The van der Waals surface area contributed by atoms with Gasteiger partial charge < -0.3 is 18.9 Å². The lowest BCUT2D eigenvalue weighted by Crippen LogP contribution is -2.61. The van der Waals surface area contributed by atoms with Gasteiger partial charge in [-0.25, -0.2) is 0 Å². The number of hydrogen-bond acceptors (Lipinski definition) is 4. The molecule has 78 heavy (non-hydrogen) atoms. The second-order valence-corrected chi connectivity index (χ2v) is 25.5. The van der Waals surface area contributed by atoms with Crippen LogP contribution in [0.4, 0.5) is 34.1 Å². The van der Waals surface area contributed by atoms with Crippen LogP contribution in [-0.4, -0.2) is 15.8 Å². The van der Waals surface area contributed by atoms with E-state index in [-0.39, 0.29) is 127 Å². The van der Waals surface area contributed by atoms with Gasteiger partial charge in [-0.1, -0.05) is 137 Å². The second kappa shape index (κ2) is 15.6. The highest BCUT2D eigenvalue weighted by atomic mass is 32.1. The molecule has 7 heteroatoms. The number of aromatic nitrogens is 2. The SMILES string of the molecule is [2H]c1c([2H])c2c3c(c1[2H])-n1c4c([2H])c([2H])c(C(C)(C)C)c([2H])c4c4c([2H])c(C(C)(C)C)c([2H])c(c41)N3c1c([2H])c(C#N)c([2H])c3c1B2c1c([2H])c([2H])c(-n2c4c([2H])c([2H])c(C(C)(C)C)c([2H])c4c4c([2H])c(C(C)(C)C)c([2H])c([2H])c42)c([2H])c1N3c1c([2H])c([2H])c2sc3c([2H])c([2H])c([2H])c([2H])c3c2c1[2H]. The molecule has 0 unspecified atom stereocenters. The Kier molecular flexibility index (Phi) is 5.50. The molecule has 0 fully saturated rings. The van der Waals surface area contributed by atoms with Crippen molar-refractivity contribution in [2.75, 3.05) is 9.80 Å². The summed E-state index contributed by atoms with van der Waals surface area (Å²) in [4.78, 5) is 2.21. The summed E-state index contributed by atoms with van der Waals surface area (Å²) in [5, 5.41) is 10.6. The standard InChI is InChI=1S/C71H62BN5S/c1-68(2,3)41-20-26-55-48(32-41)49-33-42(69(4,5)6)21-27-56(49)74(55)46-23-25-53-59(38-46)75(45-24-29-64-51(37-45)47-16-13-14-19-63(47)78-64)60-30-40(39-73)31-61-65(60)72(53)54-17-15-18-58-67(54)77(61)62-36-44(71(10,11)12)35-52-50-34-43(70(7,8)9)22-28-57(50)76(58)66(52)62/h13-38H,1-12H3/i13D,14D,15D,16D,17D,18D,19D,20D,21D,22D,23D,24D,25D,26D,27D,28D,29D,30D,31D,32D,33D,34D,35D,36D,37D,38D. The Balaban J connectivity index is 1.24. The summed E-state index contributed by atoms with van der Waals surface area (Å²) in [7, 11) is 0. The van der Waals surface area contributed by atoms with Gasteiger partial charge in [0.15, 0.2) is 0 Å². The largest absolute Gasteiger partial charge is 0.311 e. The molecule has 6 heterocycles. The molecule has 0 bridgehead atoms. The quantitative estimate of drug-likeness (QED) is 0.162. The monoisotopic (exact) mass is 1050 g/mol. The Bertz CT molecular complexity index is 6180. The second-order valence-electron chi connectivity index (χ2n) is 24.4. The lowest BCUT2D eigenvalue weighted by Gasteiger charge is -2.46. The lowest BCUT2D eigenvalue weighted by atomic mass is 9.33. The molecule has 5 nitrogen and oxygen atoms in total. The first-order valence-corrected chi connectivity index (χ1v) is 26.5. The van der Waals surface area contributed by atoms with Gasteiger partial charge in [0.2, 0.25) is 0 Å². The molecule has 0 amide bonds. The minimum atomic E-state index is -1.98. The summed E-state index contributed by atoms with van der Waals surface area (Å²) < 4.78 is 263. The summed E-state index contributed by atoms with van der Waals surface area (Å²) in [6, 6.07) is -14.9. The molecule has 0 N–H and O–H groups in total. The summed E-state index contributed by atoms with van der Waals surface area (Å²) in [5.74, 6) is 0. The van der Waals surface area contributed by atoms with E-state index in [9.17, 15) is 36.8 Å². The van der Waals surface area contributed by atoms with E-state index in [2.05, 4.69) is 0 Å². The molecule has 0 radical (unpaired) electrons. The van der Waals surface area contributed by atoms with Crippen molar-refractivity contribution in [3.05, 3.63) is 185 Å². The van der Waals surface area contributed by atoms with Crippen LogP contribution in [0.25, 0.3) is 75.2 Å². The lowest BCUT2D eigenvalue weighted by molar-refractivity contribution is 0.590. The normalized spacial score (nSPS) is 18.7. The van der Waals surface area contributed by atoms with Gasteiger partial charge in [0, 0.05) is 70.2 Å². The number of rotatable bonds is 2. The van der Waals surface area contributed by atoms with E-state index in [1.165, 1.54) is 9.47 Å². The third-order valence-electron chi connectivity index (χ3n) is 15.0. The van der Waals surface area contributed by atoms with Crippen molar-refractivity contribution < 1.29 is 35.6 Å². The van der Waals surface area contributed by atoms with Crippen LogP contribution in [0.3, 0.4) is 0 Å². The Hall–Kier alpha value is -8.05. The molecule has 0 aliphatic carbocycles. The highest BCUT2D eigenvalue weighted by Gasteiger charge is 2.47. The van der Waals surface area contributed by atoms with Crippen molar-refractivity contribution in [2.45, 2.75) is 105 Å². The number of fused-ring (bicyclic) bond motifs is 15.